The molecule has 0 amide bonds. The molecule has 4 heteroatoms. The van der Waals surface area contributed by atoms with Crippen molar-refractivity contribution in [3.63, 3.8) is 0 Å². The summed E-state index contributed by atoms with van der Waals surface area (Å²) in [6, 6.07) is 5.58. The van der Waals surface area contributed by atoms with Crippen LogP contribution in [0.25, 0.3) is 0 Å². The first-order valence-electron chi connectivity index (χ1n) is 5.44. The Morgan fingerprint density at radius 3 is 2.41 bits per heavy atom. The van der Waals surface area contributed by atoms with Crippen molar-refractivity contribution in [2.45, 2.75) is 32.1 Å². The fourth-order valence-corrected chi connectivity index (χ4v) is 2.01. The molecule has 0 fully saturated rings. The lowest BCUT2D eigenvalue weighted by atomic mass is 9.75. The molecule has 3 nitrogen and oxygen atoms in total. The lowest BCUT2D eigenvalue weighted by Crippen LogP contribution is -2.34. The van der Waals surface area contributed by atoms with E-state index in [2.05, 4.69) is 0 Å². The van der Waals surface area contributed by atoms with Gasteiger partial charge in [0.25, 0.3) is 0 Å². The van der Waals surface area contributed by atoms with Crippen molar-refractivity contribution in [1.29, 1.82) is 5.26 Å². The Labute approximate surface area is 99.5 Å². The molecular weight excluding hydrogens is 221 g/mol. The highest BCUT2D eigenvalue weighted by atomic mass is 19.1. The van der Waals surface area contributed by atoms with Gasteiger partial charge in [-0.25, -0.2) is 4.39 Å². The number of rotatable bonds is 4. The zero-order chi connectivity index (χ0) is 13.1. The fraction of sp³-hybridized carbons (Fsp3) is 0.385. The molecule has 1 rings (SSSR count). The third-order valence-corrected chi connectivity index (χ3v) is 3.20. The zero-order valence-corrected chi connectivity index (χ0v) is 9.83. The average molecular weight is 235 g/mol. The SMILES string of the molecule is CCC(CC)(C(=O)O)c1cc(F)cc(C#N)c1. The number of hydrogen-bond acceptors (Lipinski definition) is 2. The molecule has 0 heterocycles. The Balaban J connectivity index is 3.44. The van der Waals surface area contributed by atoms with Gasteiger partial charge in [0.05, 0.1) is 17.0 Å². The smallest absolute Gasteiger partial charge is 0.314 e. The maximum absolute atomic E-state index is 13.3. The first-order valence-corrected chi connectivity index (χ1v) is 5.44. The van der Waals surface area contributed by atoms with Gasteiger partial charge in [0.2, 0.25) is 0 Å². The quantitative estimate of drug-likeness (QED) is 0.872. The second kappa shape index (κ2) is 4.96. The van der Waals surface area contributed by atoms with E-state index in [4.69, 9.17) is 5.26 Å². The van der Waals surface area contributed by atoms with Crippen LogP contribution in [0.1, 0.15) is 37.8 Å². The summed E-state index contributed by atoms with van der Waals surface area (Å²) in [5, 5.41) is 18.1. The Morgan fingerprint density at radius 1 is 1.41 bits per heavy atom. The van der Waals surface area contributed by atoms with Crippen molar-refractivity contribution in [2.75, 3.05) is 0 Å². The molecule has 1 aromatic carbocycles. The third-order valence-electron chi connectivity index (χ3n) is 3.20. The highest BCUT2D eigenvalue weighted by Gasteiger charge is 2.37. The van der Waals surface area contributed by atoms with Crippen LogP contribution in [0.4, 0.5) is 4.39 Å². The average Bonchev–Trinajstić information content (AvgIpc) is 2.30. The minimum Gasteiger partial charge on any atom is -0.481 e. The van der Waals surface area contributed by atoms with Gasteiger partial charge < -0.3 is 5.11 Å². The number of aliphatic carboxylic acids is 1. The van der Waals surface area contributed by atoms with Crippen LogP contribution in [-0.4, -0.2) is 11.1 Å². The van der Waals surface area contributed by atoms with Crippen molar-refractivity contribution >= 4 is 5.97 Å². The Kier molecular flexibility index (Phi) is 3.84. The van der Waals surface area contributed by atoms with Crippen LogP contribution >= 0.6 is 0 Å². The number of carboxylic acids is 1. The summed E-state index contributed by atoms with van der Waals surface area (Å²) in [5.41, 5.74) is -0.618. The van der Waals surface area contributed by atoms with E-state index in [1.54, 1.807) is 13.8 Å². The highest BCUT2D eigenvalue weighted by Crippen LogP contribution is 2.33. The van der Waals surface area contributed by atoms with Gasteiger partial charge in [-0.3, -0.25) is 4.79 Å². The Hall–Kier alpha value is -1.89. The summed E-state index contributed by atoms with van der Waals surface area (Å²) < 4.78 is 13.3. The zero-order valence-electron chi connectivity index (χ0n) is 9.83. The summed E-state index contributed by atoms with van der Waals surface area (Å²) in [5.74, 6) is -1.57. The Bertz CT molecular complexity index is 473. The van der Waals surface area contributed by atoms with Gasteiger partial charge in [-0.15, -0.1) is 0 Å². The summed E-state index contributed by atoms with van der Waals surface area (Å²) >= 11 is 0. The largest absolute Gasteiger partial charge is 0.481 e. The predicted molar refractivity (Wildman–Crippen MR) is 61.0 cm³/mol. The molecular formula is C13H14FNO2. The van der Waals surface area contributed by atoms with E-state index >= 15 is 0 Å². The first kappa shape index (κ1) is 13.2. The van der Waals surface area contributed by atoms with E-state index < -0.39 is 17.2 Å². The van der Waals surface area contributed by atoms with Gasteiger partial charge >= 0.3 is 5.97 Å². The van der Waals surface area contributed by atoms with Crippen LogP contribution in [0, 0.1) is 17.1 Å². The molecule has 0 aliphatic rings. The van der Waals surface area contributed by atoms with Gasteiger partial charge in [-0.2, -0.15) is 5.26 Å². The minimum atomic E-state index is -1.12. The standard InChI is InChI=1S/C13H14FNO2/c1-3-13(4-2,12(16)17)10-5-9(8-15)6-11(14)7-10/h5-7H,3-4H2,1-2H3,(H,16,17). The van der Waals surface area contributed by atoms with E-state index in [1.807, 2.05) is 6.07 Å². The molecule has 1 aromatic rings. The van der Waals surface area contributed by atoms with Gasteiger partial charge in [0.15, 0.2) is 0 Å². The third kappa shape index (κ3) is 2.28. The first-order chi connectivity index (χ1) is 8.00. The van der Waals surface area contributed by atoms with Crippen molar-refractivity contribution in [3.05, 3.63) is 35.1 Å². The molecule has 90 valence electrons. The van der Waals surface area contributed by atoms with Gasteiger partial charge in [0, 0.05) is 0 Å². The van der Waals surface area contributed by atoms with Crippen molar-refractivity contribution < 1.29 is 14.3 Å². The number of nitrogens with zero attached hydrogens (tertiary/aromatic N) is 1. The summed E-state index contributed by atoms with van der Waals surface area (Å²) in [6.07, 6.45) is 0.709. The van der Waals surface area contributed by atoms with E-state index in [-0.39, 0.29) is 5.56 Å². The lowest BCUT2D eigenvalue weighted by Gasteiger charge is -2.27. The van der Waals surface area contributed by atoms with Crippen LogP contribution in [0.15, 0.2) is 18.2 Å². The van der Waals surface area contributed by atoms with E-state index in [1.165, 1.54) is 12.1 Å². The number of nitriles is 1. The van der Waals surface area contributed by atoms with Crippen molar-refractivity contribution in [3.8, 4) is 6.07 Å². The Morgan fingerprint density at radius 2 is 2.00 bits per heavy atom. The second-order valence-electron chi connectivity index (χ2n) is 3.93. The predicted octanol–water partition coefficient (Wildman–Crippen LogP) is 2.84. The normalized spacial score (nSPS) is 10.9. The number of carbonyl (C=O) groups is 1. The number of carboxylic acid groups (broad SMARTS) is 1. The van der Waals surface area contributed by atoms with Crippen LogP contribution in [0.3, 0.4) is 0 Å². The van der Waals surface area contributed by atoms with E-state index in [0.717, 1.165) is 6.07 Å². The number of hydrogen-bond donors (Lipinski definition) is 1. The molecule has 0 atom stereocenters. The number of benzene rings is 1. The lowest BCUT2D eigenvalue weighted by molar-refractivity contribution is -0.144. The van der Waals surface area contributed by atoms with Gasteiger partial charge in [0.1, 0.15) is 5.82 Å². The molecule has 0 saturated carbocycles. The maximum atomic E-state index is 13.3. The molecule has 0 radical (unpaired) electrons. The molecule has 0 aliphatic heterocycles. The van der Waals surface area contributed by atoms with E-state index in [9.17, 15) is 14.3 Å². The molecule has 0 aromatic heterocycles. The fourth-order valence-electron chi connectivity index (χ4n) is 2.01. The molecule has 1 N–H and O–H groups in total. The van der Waals surface area contributed by atoms with Crippen molar-refractivity contribution in [2.24, 2.45) is 0 Å². The molecule has 0 spiro atoms. The minimum absolute atomic E-state index is 0.146. The number of halogens is 1. The monoisotopic (exact) mass is 235 g/mol. The molecule has 0 saturated heterocycles. The van der Waals surface area contributed by atoms with Crippen LogP contribution in [0.2, 0.25) is 0 Å². The molecule has 0 unspecified atom stereocenters. The van der Waals surface area contributed by atoms with Crippen LogP contribution < -0.4 is 0 Å². The molecule has 17 heavy (non-hydrogen) atoms. The topological polar surface area (TPSA) is 61.1 Å². The van der Waals surface area contributed by atoms with Crippen molar-refractivity contribution in [1.82, 2.24) is 0 Å². The second-order valence-corrected chi connectivity index (χ2v) is 3.93. The maximum Gasteiger partial charge on any atom is 0.314 e. The highest BCUT2D eigenvalue weighted by molar-refractivity contribution is 5.81. The van der Waals surface area contributed by atoms with E-state index in [0.29, 0.717) is 18.4 Å². The van der Waals surface area contributed by atoms with Crippen LogP contribution in [-0.2, 0) is 10.2 Å². The summed E-state index contributed by atoms with van der Waals surface area (Å²) in [6.45, 7) is 3.49. The molecule has 0 aliphatic carbocycles. The molecule has 0 bridgehead atoms. The van der Waals surface area contributed by atoms with Gasteiger partial charge in [-0.1, -0.05) is 13.8 Å². The summed E-state index contributed by atoms with van der Waals surface area (Å²) in [4.78, 5) is 11.4. The summed E-state index contributed by atoms with van der Waals surface area (Å²) in [7, 11) is 0. The van der Waals surface area contributed by atoms with Crippen LogP contribution in [0.5, 0.6) is 0 Å². The van der Waals surface area contributed by atoms with Gasteiger partial charge in [-0.05, 0) is 36.6 Å².